The van der Waals surface area contributed by atoms with Crippen molar-refractivity contribution in [3.63, 3.8) is 0 Å². The molecule has 3 rings (SSSR count). The largest absolute Gasteiger partial charge is 0.378 e. The molecule has 2 bridgehead atoms. The maximum absolute atomic E-state index is 12.9. The van der Waals surface area contributed by atoms with E-state index in [-0.39, 0.29) is 47.8 Å². The molecule has 6 unspecified atom stereocenters. The van der Waals surface area contributed by atoms with E-state index in [1.165, 1.54) is 19.3 Å². The summed E-state index contributed by atoms with van der Waals surface area (Å²) < 4.78 is 5.79. The standard InChI is InChI=1S/C17H30N2O2.ClH/c1-5-21-13-9-12(17(13,2)3)19(4)16(20)14-10-6-7-11(8-10)15(14)18;/h10-15H,5-9,18H2,1-4H3;1H. The predicted octanol–water partition coefficient (Wildman–Crippen LogP) is 2.44. The molecule has 5 heteroatoms. The lowest BCUT2D eigenvalue weighted by Crippen LogP contribution is -2.63. The molecule has 0 aromatic heterocycles. The molecule has 3 aliphatic carbocycles. The number of carbonyl (C=O) groups is 1. The maximum atomic E-state index is 12.9. The van der Waals surface area contributed by atoms with Gasteiger partial charge in [0.05, 0.1) is 12.0 Å². The van der Waals surface area contributed by atoms with Gasteiger partial charge in [-0.3, -0.25) is 4.79 Å². The van der Waals surface area contributed by atoms with Crippen molar-refractivity contribution in [3.8, 4) is 0 Å². The van der Waals surface area contributed by atoms with Gasteiger partial charge in [-0.2, -0.15) is 0 Å². The van der Waals surface area contributed by atoms with Gasteiger partial charge in [-0.15, -0.1) is 12.4 Å². The minimum Gasteiger partial charge on any atom is -0.378 e. The number of hydrogen-bond donors (Lipinski definition) is 1. The zero-order chi connectivity index (χ0) is 15.4. The van der Waals surface area contributed by atoms with E-state index in [2.05, 4.69) is 13.8 Å². The first-order valence-corrected chi connectivity index (χ1v) is 8.51. The highest BCUT2D eigenvalue weighted by atomic mass is 35.5. The number of ether oxygens (including phenoxy) is 1. The number of hydrogen-bond acceptors (Lipinski definition) is 3. The SMILES string of the molecule is CCOC1CC(N(C)C(=O)C2C3CCC(C3)C2N)C1(C)C.Cl. The minimum atomic E-state index is 0. The van der Waals surface area contributed by atoms with Crippen LogP contribution in [-0.4, -0.2) is 42.6 Å². The zero-order valence-electron chi connectivity index (χ0n) is 14.2. The first-order chi connectivity index (χ1) is 9.87. The van der Waals surface area contributed by atoms with E-state index in [4.69, 9.17) is 10.5 Å². The van der Waals surface area contributed by atoms with Crippen molar-refractivity contribution in [2.45, 2.75) is 64.6 Å². The summed E-state index contributed by atoms with van der Waals surface area (Å²) >= 11 is 0. The van der Waals surface area contributed by atoms with Gasteiger partial charge in [0.25, 0.3) is 0 Å². The topological polar surface area (TPSA) is 55.6 Å². The fourth-order valence-corrected chi connectivity index (χ4v) is 5.10. The van der Waals surface area contributed by atoms with Crippen molar-refractivity contribution in [1.82, 2.24) is 4.90 Å². The van der Waals surface area contributed by atoms with E-state index in [1.54, 1.807) is 0 Å². The summed E-state index contributed by atoms with van der Waals surface area (Å²) in [4.78, 5) is 14.9. The summed E-state index contributed by atoms with van der Waals surface area (Å²) in [6.07, 6.45) is 4.82. The molecule has 3 saturated carbocycles. The highest BCUT2D eigenvalue weighted by molar-refractivity contribution is 5.85. The Morgan fingerprint density at radius 2 is 1.91 bits per heavy atom. The number of carbonyl (C=O) groups excluding carboxylic acids is 1. The Morgan fingerprint density at radius 3 is 2.41 bits per heavy atom. The van der Waals surface area contributed by atoms with E-state index in [1.807, 2.05) is 18.9 Å². The highest BCUT2D eigenvalue weighted by Gasteiger charge is 2.55. The smallest absolute Gasteiger partial charge is 0.227 e. The van der Waals surface area contributed by atoms with Crippen molar-refractivity contribution < 1.29 is 9.53 Å². The van der Waals surface area contributed by atoms with E-state index in [0.29, 0.717) is 11.8 Å². The molecule has 6 atom stereocenters. The molecule has 2 N–H and O–H groups in total. The third-order valence-electron chi connectivity index (χ3n) is 6.57. The average molecular weight is 331 g/mol. The lowest BCUT2D eigenvalue weighted by Gasteiger charge is -2.55. The monoisotopic (exact) mass is 330 g/mol. The van der Waals surface area contributed by atoms with Crippen LogP contribution in [0.15, 0.2) is 0 Å². The Hall–Kier alpha value is -0.320. The highest BCUT2D eigenvalue weighted by Crippen LogP contribution is 2.50. The lowest BCUT2D eigenvalue weighted by molar-refractivity contribution is -0.167. The molecule has 0 heterocycles. The van der Waals surface area contributed by atoms with Crippen molar-refractivity contribution in [3.05, 3.63) is 0 Å². The Balaban J connectivity index is 0.00000176. The number of nitrogens with zero attached hydrogens (tertiary/aromatic N) is 1. The fourth-order valence-electron chi connectivity index (χ4n) is 5.10. The molecule has 0 aromatic rings. The number of fused-ring (bicyclic) bond motifs is 2. The molecule has 0 aliphatic heterocycles. The van der Waals surface area contributed by atoms with Crippen molar-refractivity contribution in [1.29, 1.82) is 0 Å². The Labute approximate surface area is 140 Å². The van der Waals surface area contributed by atoms with Crippen LogP contribution in [0.25, 0.3) is 0 Å². The Bertz CT molecular complexity index is 427. The van der Waals surface area contributed by atoms with Crippen LogP contribution in [-0.2, 0) is 9.53 Å². The van der Waals surface area contributed by atoms with Crippen LogP contribution in [0, 0.1) is 23.2 Å². The van der Waals surface area contributed by atoms with Crippen molar-refractivity contribution >= 4 is 18.3 Å². The summed E-state index contributed by atoms with van der Waals surface area (Å²) in [5.74, 6) is 1.46. The van der Waals surface area contributed by atoms with Crippen molar-refractivity contribution in [2.24, 2.45) is 28.9 Å². The van der Waals surface area contributed by atoms with Crippen LogP contribution in [0.5, 0.6) is 0 Å². The summed E-state index contributed by atoms with van der Waals surface area (Å²) in [7, 11) is 1.97. The molecule has 0 spiro atoms. The maximum Gasteiger partial charge on any atom is 0.227 e. The Kier molecular flexibility index (Phi) is 5.15. The average Bonchev–Trinajstić information content (AvgIpc) is 3.02. The first-order valence-electron chi connectivity index (χ1n) is 8.51. The molecule has 1 amide bonds. The quantitative estimate of drug-likeness (QED) is 0.861. The van der Waals surface area contributed by atoms with Gasteiger partial charge in [0.15, 0.2) is 0 Å². The molecule has 0 aromatic carbocycles. The van der Waals surface area contributed by atoms with Gasteiger partial charge in [0, 0.05) is 31.2 Å². The summed E-state index contributed by atoms with van der Waals surface area (Å²) in [6, 6.07) is 0.373. The van der Waals surface area contributed by atoms with E-state index < -0.39 is 0 Å². The van der Waals surface area contributed by atoms with Crippen molar-refractivity contribution in [2.75, 3.05) is 13.7 Å². The van der Waals surface area contributed by atoms with Crippen LogP contribution < -0.4 is 5.73 Å². The van der Waals surface area contributed by atoms with Crippen LogP contribution in [0.4, 0.5) is 0 Å². The summed E-state index contributed by atoms with van der Waals surface area (Å²) in [5, 5.41) is 0. The van der Waals surface area contributed by atoms with Crippen LogP contribution in [0.2, 0.25) is 0 Å². The molecule has 0 radical (unpaired) electrons. The van der Waals surface area contributed by atoms with Gasteiger partial charge in [-0.05, 0) is 44.4 Å². The molecule has 4 nitrogen and oxygen atoms in total. The number of amides is 1. The van der Waals surface area contributed by atoms with Crippen LogP contribution in [0.3, 0.4) is 0 Å². The van der Waals surface area contributed by atoms with Crippen LogP contribution in [0.1, 0.15) is 46.5 Å². The third-order valence-corrected chi connectivity index (χ3v) is 6.57. The van der Waals surface area contributed by atoms with Gasteiger partial charge >= 0.3 is 0 Å². The minimum absolute atomic E-state index is 0. The Morgan fingerprint density at radius 1 is 1.27 bits per heavy atom. The second-order valence-corrected chi connectivity index (χ2v) is 7.90. The third kappa shape index (κ3) is 2.57. The molecule has 3 aliphatic rings. The van der Waals surface area contributed by atoms with Gasteiger partial charge in [-0.25, -0.2) is 0 Å². The number of rotatable bonds is 4. The molecule has 22 heavy (non-hydrogen) atoms. The second-order valence-electron chi connectivity index (χ2n) is 7.90. The van der Waals surface area contributed by atoms with Gasteiger partial charge in [0.1, 0.15) is 0 Å². The normalized spacial score (nSPS) is 41.7. The van der Waals surface area contributed by atoms with Crippen LogP contribution >= 0.6 is 12.4 Å². The zero-order valence-corrected chi connectivity index (χ0v) is 15.1. The molecular weight excluding hydrogens is 300 g/mol. The fraction of sp³-hybridized carbons (Fsp3) is 0.941. The van der Waals surface area contributed by atoms with Gasteiger partial charge < -0.3 is 15.4 Å². The van der Waals surface area contributed by atoms with Gasteiger partial charge in [-0.1, -0.05) is 13.8 Å². The molecule has 0 saturated heterocycles. The molecular formula is C17H31ClN2O2. The van der Waals surface area contributed by atoms with E-state index in [0.717, 1.165) is 13.0 Å². The second kappa shape index (κ2) is 6.29. The predicted molar refractivity (Wildman–Crippen MR) is 89.9 cm³/mol. The summed E-state index contributed by atoms with van der Waals surface area (Å²) in [5.41, 5.74) is 6.38. The number of nitrogens with two attached hydrogens (primary N) is 1. The molecule has 128 valence electrons. The lowest BCUT2D eigenvalue weighted by atomic mass is 9.63. The first kappa shape index (κ1) is 18.0. The molecule has 3 fully saturated rings. The van der Waals surface area contributed by atoms with Gasteiger partial charge in [0.2, 0.25) is 5.91 Å². The van der Waals surface area contributed by atoms with E-state index in [9.17, 15) is 4.79 Å². The van der Waals surface area contributed by atoms with E-state index >= 15 is 0 Å². The summed E-state index contributed by atoms with van der Waals surface area (Å²) in [6.45, 7) is 7.21. The number of halogens is 1.